The molecule has 0 radical (unpaired) electrons. The Kier molecular flexibility index (Phi) is 6.58. The lowest BCUT2D eigenvalue weighted by Crippen LogP contribution is -2.31. The highest BCUT2D eigenvalue weighted by Crippen LogP contribution is 2.21. The molecule has 0 atom stereocenters. The van der Waals surface area contributed by atoms with Crippen LogP contribution >= 0.6 is 0 Å². The van der Waals surface area contributed by atoms with Crippen molar-refractivity contribution in [1.82, 2.24) is 4.90 Å². The summed E-state index contributed by atoms with van der Waals surface area (Å²) < 4.78 is 0. The number of amides is 2. The van der Waals surface area contributed by atoms with Gasteiger partial charge in [0.25, 0.3) is 0 Å². The summed E-state index contributed by atoms with van der Waals surface area (Å²) in [6.45, 7) is 2.43. The van der Waals surface area contributed by atoms with E-state index in [4.69, 9.17) is 0 Å². The van der Waals surface area contributed by atoms with Crippen LogP contribution < -0.4 is 5.32 Å². The van der Waals surface area contributed by atoms with Crippen molar-refractivity contribution < 1.29 is 9.59 Å². The van der Waals surface area contributed by atoms with Gasteiger partial charge in [0.15, 0.2) is 0 Å². The van der Waals surface area contributed by atoms with E-state index in [1.165, 1.54) is 6.92 Å². The Balaban J connectivity index is 1.53. The fourth-order valence-corrected chi connectivity index (χ4v) is 2.99. The van der Waals surface area contributed by atoms with Crippen molar-refractivity contribution in [2.75, 3.05) is 11.9 Å². The van der Waals surface area contributed by atoms with Crippen molar-refractivity contribution in [3.63, 3.8) is 0 Å². The quantitative estimate of drug-likeness (QED) is 0.652. The van der Waals surface area contributed by atoms with Crippen LogP contribution in [-0.4, -0.2) is 23.3 Å². The Morgan fingerprint density at radius 1 is 0.786 bits per heavy atom. The van der Waals surface area contributed by atoms with Crippen LogP contribution in [0.1, 0.15) is 18.9 Å². The topological polar surface area (TPSA) is 49.4 Å². The Labute approximate surface area is 165 Å². The van der Waals surface area contributed by atoms with Gasteiger partial charge in [-0.1, -0.05) is 72.8 Å². The summed E-state index contributed by atoms with van der Waals surface area (Å²) in [5, 5.41) is 2.90. The van der Waals surface area contributed by atoms with Crippen molar-refractivity contribution >= 4 is 17.5 Å². The molecule has 0 spiro atoms. The number of hydrogen-bond donors (Lipinski definition) is 1. The average molecular weight is 372 g/mol. The predicted molar refractivity (Wildman–Crippen MR) is 113 cm³/mol. The third-order valence-electron chi connectivity index (χ3n) is 4.55. The number of carbonyl (C=O) groups excluding carboxylic acids is 2. The lowest BCUT2D eigenvalue weighted by atomic mass is 10.1. The third-order valence-corrected chi connectivity index (χ3v) is 4.55. The molecule has 2 amide bonds. The lowest BCUT2D eigenvalue weighted by Gasteiger charge is -2.21. The second kappa shape index (κ2) is 9.51. The molecular formula is C24H24N2O2. The second-order valence-corrected chi connectivity index (χ2v) is 6.67. The molecule has 0 aliphatic rings. The number of carbonyl (C=O) groups is 2. The molecule has 4 heteroatoms. The van der Waals surface area contributed by atoms with Gasteiger partial charge >= 0.3 is 0 Å². The highest BCUT2D eigenvalue weighted by atomic mass is 16.2. The van der Waals surface area contributed by atoms with Gasteiger partial charge in [-0.05, 0) is 28.8 Å². The SMILES string of the molecule is CC(=O)N(CCC(=O)Nc1ccc(-c2ccccc2)cc1)Cc1ccccc1. The number of nitrogens with zero attached hydrogens (tertiary/aromatic N) is 1. The molecule has 0 heterocycles. The molecule has 3 rings (SSSR count). The molecule has 0 aromatic heterocycles. The van der Waals surface area contributed by atoms with E-state index in [-0.39, 0.29) is 18.2 Å². The fourth-order valence-electron chi connectivity index (χ4n) is 2.99. The molecule has 4 nitrogen and oxygen atoms in total. The van der Waals surface area contributed by atoms with Gasteiger partial charge in [-0.15, -0.1) is 0 Å². The number of anilines is 1. The maximum absolute atomic E-state index is 12.3. The molecule has 3 aromatic carbocycles. The van der Waals surface area contributed by atoms with Gasteiger partial charge in [0.05, 0.1) is 0 Å². The number of hydrogen-bond acceptors (Lipinski definition) is 2. The summed E-state index contributed by atoms with van der Waals surface area (Å²) in [5.41, 5.74) is 4.04. The van der Waals surface area contributed by atoms with Gasteiger partial charge in [-0.2, -0.15) is 0 Å². The molecular weight excluding hydrogens is 348 g/mol. The standard InChI is InChI=1S/C24H24N2O2/c1-19(27)26(18-20-8-4-2-5-9-20)17-16-24(28)25-23-14-12-22(13-15-23)21-10-6-3-7-11-21/h2-15H,16-18H2,1H3,(H,25,28). The van der Waals surface area contributed by atoms with Crippen LogP contribution in [0, 0.1) is 0 Å². The summed E-state index contributed by atoms with van der Waals surface area (Å²) in [4.78, 5) is 25.9. The Morgan fingerprint density at radius 2 is 1.36 bits per heavy atom. The van der Waals surface area contributed by atoms with E-state index in [0.29, 0.717) is 13.1 Å². The van der Waals surface area contributed by atoms with Crippen LogP contribution in [0.25, 0.3) is 11.1 Å². The van der Waals surface area contributed by atoms with Crippen molar-refractivity contribution in [3.8, 4) is 11.1 Å². The van der Waals surface area contributed by atoms with Crippen molar-refractivity contribution in [3.05, 3.63) is 90.5 Å². The summed E-state index contributed by atoms with van der Waals surface area (Å²) in [5.74, 6) is -0.143. The minimum absolute atomic E-state index is 0.0381. The third kappa shape index (κ3) is 5.55. The van der Waals surface area contributed by atoms with Crippen LogP contribution in [0.2, 0.25) is 0 Å². The van der Waals surface area contributed by atoms with E-state index in [2.05, 4.69) is 17.4 Å². The summed E-state index contributed by atoms with van der Waals surface area (Å²) in [6.07, 6.45) is 0.257. The van der Waals surface area contributed by atoms with E-state index in [1.54, 1.807) is 4.90 Å². The van der Waals surface area contributed by atoms with E-state index < -0.39 is 0 Å². The Hall–Kier alpha value is -3.40. The smallest absolute Gasteiger partial charge is 0.226 e. The number of benzene rings is 3. The summed E-state index contributed by atoms with van der Waals surface area (Å²) >= 11 is 0. The first-order valence-electron chi connectivity index (χ1n) is 9.36. The molecule has 0 saturated carbocycles. The van der Waals surface area contributed by atoms with Gasteiger partial charge in [0.2, 0.25) is 11.8 Å². The molecule has 1 N–H and O–H groups in total. The largest absolute Gasteiger partial charge is 0.338 e. The van der Waals surface area contributed by atoms with Gasteiger partial charge in [0, 0.05) is 32.1 Å². The molecule has 0 unspecified atom stereocenters. The molecule has 3 aromatic rings. The maximum atomic E-state index is 12.3. The molecule has 0 aliphatic heterocycles. The Morgan fingerprint density at radius 3 is 1.96 bits per heavy atom. The van der Waals surface area contributed by atoms with E-state index in [1.807, 2.05) is 72.8 Å². The van der Waals surface area contributed by atoms with Gasteiger partial charge < -0.3 is 10.2 Å². The van der Waals surface area contributed by atoms with E-state index in [0.717, 1.165) is 22.4 Å². The number of nitrogens with one attached hydrogen (secondary N) is 1. The van der Waals surface area contributed by atoms with Crippen LogP contribution in [0.3, 0.4) is 0 Å². The molecule has 142 valence electrons. The Bertz CT molecular complexity index is 906. The summed E-state index contributed by atoms with van der Waals surface area (Å²) in [6, 6.07) is 27.6. The fraction of sp³-hybridized carbons (Fsp3) is 0.167. The van der Waals surface area contributed by atoms with Crippen LogP contribution in [0.5, 0.6) is 0 Å². The molecule has 28 heavy (non-hydrogen) atoms. The highest BCUT2D eigenvalue weighted by Gasteiger charge is 2.12. The average Bonchev–Trinajstić information content (AvgIpc) is 2.73. The lowest BCUT2D eigenvalue weighted by molar-refractivity contribution is -0.129. The first kappa shape index (κ1) is 19.4. The zero-order chi connectivity index (χ0) is 19.8. The van der Waals surface area contributed by atoms with Crippen molar-refractivity contribution in [1.29, 1.82) is 0 Å². The zero-order valence-corrected chi connectivity index (χ0v) is 16.0. The second-order valence-electron chi connectivity index (χ2n) is 6.67. The van der Waals surface area contributed by atoms with Crippen molar-refractivity contribution in [2.45, 2.75) is 19.9 Å². The number of rotatable bonds is 7. The zero-order valence-electron chi connectivity index (χ0n) is 16.0. The first-order valence-corrected chi connectivity index (χ1v) is 9.36. The van der Waals surface area contributed by atoms with Gasteiger partial charge in [-0.3, -0.25) is 9.59 Å². The molecule has 0 saturated heterocycles. The summed E-state index contributed by atoms with van der Waals surface area (Å²) in [7, 11) is 0. The van der Waals surface area contributed by atoms with E-state index in [9.17, 15) is 9.59 Å². The van der Waals surface area contributed by atoms with Crippen LogP contribution in [0.4, 0.5) is 5.69 Å². The minimum atomic E-state index is -0.105. The molecule has 0 bridgehead atoms. The minimum Gasteiger partial charge on any atom is -0.338 e. The normalized spacial score (nSPS) is 10.3. The van der Waals surface area contributed by atoms with Gasteiger partial charge in [-0.25, -0.2) is 0 Å². The van der Waals surface area contributed by atoms with E-state index >= 15 is 0 Å². The molecule has 0 fully saturated rings. The van der Waals surface area contributed by atoms with Crippen LogP contribution in [0.15, 0.2) is 84.9 Å². The van der Waals surface area contributed by atoms with Crippen molar-refractivity contribution in [2.24, 2.45) is 0 Å². The molecule has 0 aliphatic carbocycles. The predicted octanol–water partition coefficient (Wildman–Crippen LogP) is 4.73. The van der Waals surface area contributed by atoms with Gasteiger partial charge in [0.1, 0.15) is 0 Å². The highest BCUT2D eigenvalue weighted by molar-refractivity contribution is 5.91. The monoisotopic (exact) mass is 372 g/mol. The first-order chi connectivity index (χ1) is 13.6. The maximum Gasteiger partial charge on any atom is 0.226 e. The van der Waals surface area contributed by atoms with Crippen LogP contribution in [-0.2, 0) is 16.1 Å².